The Bertz CT molecular complexity index is 808. The van der Waals surface area contributed by atoms with Crippen LogP contribution in [-0.2, 0) is 0 Å². The Morgan fingerprint density at radius 2 is 2.08 bits per heavy atom. The van der Waals surface area contributed by atoms with Gasteiger partial charge in [-0.1, -0.05) is 11.8 Å². The standard InChI is InChI=1S/C18H18FN3O3S/c19-13-4-6-15(7-5-13)26-17-8-3-12(10-16(17)22(24)25)18(23)21-11-14-2-1-9-20-14/h3-8,10,14,20H,1-2,9,11H2,(H,21,23)/t14-/m0/s1. The van der Waals surface area contributed by atoms with E-state index in [0.717, 1.165) is 31.1 Å². The molecule has 6 nitrogen and oxygen atoms in total. The van der Waals surface area contributed by atoms with E-state index in [1.807, 2.05) is 0 Å². The maximum Gasteiger partial charge on any atom is 0.284 e. The van der Waals surface area contributed by atoms with Gasteiger partial charge in [0.05, 0.1) is 9.82 Å². The third-order valence-corrected chi connectivity index (χ3v) is 5.20. The van der Waals surface area contributed by atoms with E-state index in [1.54, 1.807) is 24.3 Å². The van der Waals surface area contributed by atoms with Crippen molar-refractivity contribution < 1.29 is 14.1 Å². The number of carbonyl (C=O) groups excluding carboxylic acids is 1. The fourth-order valence-corrected chi connectivity index (χ4v) is 3.67. The molecule has 2 aromatic rings. The number of hydrogen-bond donors (Lipinski definition) is 2. The Morgan fingerprint density at radius 3 is 2.73 bits per heavy atom. The van der Waals surface area contributed by atoms with Crippen molar-refractivity contribution in [1.29, 1.82) is 0 Å². The lowest BCUT2D eigenvalue weighted by molar-refractivity contribution is -0.387. The molecule has 8 heteroatoms. The van der Waals surface area contributed by atoms with E-state index in [0.29, 0.717) is 16.3 Å². The molecule has 0 aliphatic carbocycles. The van der Waals surface area contributed by atoms with Crippen molar-refractivity contribution in [2.45, 2.75) is 28.7 Å². The maximum absolute atomic E-state index is 13.0. The van der Waals surface area contributed by atoms with E-state index in [2.05, 4.69) is 10.6 Å². The normalized spacial score (nSPS) is 16.4. The Hall–Kier alpha value is -2.45. The summed E-state index contributed by atoms with van der Waals surface area (Å²) in [5, 5.41) is 17.5. The highest BCUT2D eigenvalue weighted by Crippen LogP contribution is 2.35. The number of nitro benzene ring substituents is 1. The number of benzene rings is 2. The molecule has 1 heterocycles. The highest BCUT2D eigenvalue weighted by Gasteiger charge is 2.20. The van der Waals surface area contributed by atoms with E-state index < -0.39 is 4.92 Å². The smallest absolute Gasteiger partial charge is 0.284 e. The molecule has 0 bridgehead atoms. The number of hydrogen-bond acceptors (Lipinski definition) is 5. The molecule has 26 heavy (non-hydrogen) atoms. The summed E-state index contributed by atoms with van der Waals surface area (Å²) in [6.45, 7) is 1.44. The van der Waals surface area contributed by atoms with Crippen LogP contribution in [0.15, 0.2) is 52.3 Å². The van der Waals surface area contributed by atoms with Crippen molar-refractivity contribution in [3.8, 4) is 0 Å². The SMILES string of the molecule is O=C(NC[C@@H]1CCCN1)c1ccc(Sc2ccc(F)cc2)c([N+](=O)[O-])c1. The first-order chi connectivity index (χ1) is 12.5. The minimum Gasteiger partial charge on any atom is -0.350 e. The molecule has 0 unspecified atom stereocenters. The van der Waals surface area contributed by atoms with Crippen LogP contribution in [-0.4, -0.2) is 30.0 Å². The zero-order valence-corrected chi connectivity index (χ0v) is 14.7. The Balaban J connectivity index is 1.74. The van der Waals surface area contributed by atoms with Crippen molar-refractivity contribution >= 4 is 23.4 Å². The van der Waals surface area contributed by atoms with Gasteiger partial charge >= 0.3 is 0 Å². The zero-order valence-electron chi connectivity index (χ0n) is 13.9. The fraction of sp³-hybridized carbons (Fsp3) is 0.278. The first-order valence-corrected chi connectivity index (χ1v) is 9.08. The summed E-state index contributed by atoms with van der Waals surface area (Å²) in [4.78, 5) is 24.2. The summed E-state index contributed by atoms with van der Waals surface area (Å²) in [7, 11) is 0. The molecule has 1 amide bonds. The van der Waals surface area contributed by atoms with Gasteiger partial charge in [0, 0.05) is 29.1 Å². The van der Waals surface area contributed by atoms with Gasteiger partial charge in [0.25, 0.3) is 11.6 Å². The van der Waals surface area contributed by atoms with Gasteiger partial charge in [0.2, 0.25) is 0 Å². The second-order valence-corrected chi connectivity index (χ2v) is 7.11. The topological polar surface area (TPSA) is 84.3 Å². The monoisotopic (exact) mass is 375 g/mol. The molecule has 0 aromatic heterocycles. The predicted molar refractivity (Wildman–Crippen MR) is 97.0 cm³/mol. The van der Waals surface area contributed by atoms with Crippen molar-refractivity contribution in [3.63, 3.8) is 0 Å². The van der Waals surface area contributed by atoms with Crippen LogP contribution in [0.5, 0.6) is 0 Å². The number of carbonyl (C=O) groups is 1. The molecular weight excluding hydrogens is 357 g/mol. The first-order valence-electron chi connectivity index (χ1n) is 8.26. The Labute approximate surface area is 154 Å². The molecule has 0 radical (unpaired) electrons. The van der Waals surface area contributed by atoms with E-state index >= 15 is 0 Å². The molecule has 1 fully saturated rings. The van der Waals surface area contributed by atoms with Crippen LogP contribution in [0.3, 0.4) is 0 Å². The zero-order chi connectivity index (χ0) is 18.5. The lowest BCUT2D eigenvalue weighted by Gasteiger charge is -2.12. The second-order valence-electron chi connectivity index (χ2n) is 6.00. The van der Waals surface area contributed by atoms with Crippen LogP contribution < -0.4 is 10.6 Å². The van der Waals surface area contributed by atoms with Crippen LogP contribution in [0, 0.1) is 15.9 Å². The highest BCUT2D eigenvalue weighted by atomic mass is 32.2. The molecule has 0 spiro atoms. The molecule has 1 aliphatic rings. The second kappa shape index (κ2) is 8.29. The molecule has 1 aliphatic heterocycles. The number of rotatable bonds is 6. The highest BCUT2D eigenvalue weighted by molar-refractivity contribution is 7.99. The quantitative estimate of drug-likeness (QED) is 0.597. The summed E-state index contributed by atoms with van der Waals surface area (Å²) >= 11 is 1.16. The predicted octanol–water partition coefficient (Wildman–Crippen LogP) is 3.37. The molecular formula is C18H18FN3O3S. The van der Waals surface area contributed by atoms with Gasteiger partial charge in [0.15, 0.2) is 0 Å². The average Bonchev–Trinajstić information content (AvgIpc) is 3.15. The number of amides is 1. The molecule has 2 N–H and O–H groups in total. The van der Waals surface area contributed by atoms with E-state index in [1.165, 1.54) is 18.2 Å². The van der Waals surface area contributed by atoms with Crippen molar-refractivity contribution in [1.82, 2.24) is 10.6 Å². The minimum atomic E-state index is -0.513. The van der Waals surface area contributed by atoms with Gasteiger partial charge in [-0.15, -0.1) is 0 Å². The fourth-order valence-electron chi connectivity index (χ4n) is 2.77. The summed E-state index contributed by atoms with van der Waals surface area (Å²) in [5.74, 6) is -0.701. The number of nitro groups is 1. The van der Waals surface area contributed by atoms with E-state index in [9.17, 15) is 19.3 Å². The van der Waals surface area contributed by atoms with Crippen LogP contribution in [0.25, 0.3) is 0 Å². The maximum atomic E-state index is 13.0. The van der Waals surface area contributed by atoms with Crippen LogP contribution in [0.1, 0.15) is 23.2 Å². The van der Waals surface area contributed by atoms with Crippen LogP contribution in [0.4, 0.5) is 10.1 Å². The van der Waals surface area contributed by atoms with Crippen molar-refractivity contribution in [2.75, 3.05) is 13.1 Å². The lowest BCUT2D eigenvalue weighted by atomic mass is 10.1. The van der Waals surface area contributed by atoms with Gasteiger partial charge in [-0.3, -0.25) is 14.9 Å². The summed E-state index contributed by atoms with van der Waals surface area (Å²) in [6, 6.07) is 10.4. The van der Waals surface area contributed by atoms with Gasteiger partial charge in [-0.05, 0) is 55.8 Å². The first kappa shape index (κ1) is 18.3. The number of nitrogens with zero attached hydrogens (tertiary/aromatic N) is 1. The molecule has 1 atom stereocenters. The number of halogens is 1. The molecule has 2 aromatic carbocycles. The molecule has 3 rings (SSSR count). The minimum absolute atomic E-state index is 0.147. The van der Waals surface area contributed by atoms with Gasteiger partial charge in [-0.25, -0.2) is 4.39 Å². The van der Waals surface area contributed by atoms with Gasteiger partial charge in [0.1, 0.15) is 5.82 Å². The van der Waals surface area contributed by atoms with E-state index in [4.69, 9.17) is 0 Å². The van der Waals surface area contributed by atoms with Crippen molar-refractivity contribution in [3.05, 3.63) is 64.0 Å². The largest absolute Gasteiger partial charge is 0.350 e. The summed E-state index contributed by atoms with van der Waals surface area (Å²) in [6.07, 6.45) is 2.09. The molecule has 1 saturated heterocycles. The third kappa shape index (κ3) is 4.59. The van der Waals surface area contributed by atoms with Crippen LogP contribution >= 0.6 is 11.8 Å². The Morgan fingerprint density at radius 1 is 1.31 bits per heavy atom. The summed E-state index contributed by atoms with van der Waals surface area (Å²) < 4.78 is 13.0. The van der Waals surface area contributed by atoms with Crippen molar-refractivity contribution in [2.24, 2.45) is 0 Å². The molecule has 136 valence electrons. The van der Waals surface area contributed by atoms with Gasteiger partial charge < -0.3 is 10.6 Å². The summed E-state index contributed by atoms with van der Waals surface area (Å²) in [5.41, 5.74) is 0.101. The van der Waals surface area contributed by atoms with Gasteiger partial charge in [-0.2, -0.15) is 0 Å². The van der Waals surface area contributed by atoms with E-state index in [-0.39, 0.29) is 29.0 Å². The van der Waals surface area contributed by atoms with Crippen LogP contribution in [0.2, 0.25) is 0 Å². The average molecular weight is 375 g/mol. The molecule has 0 saturated carbocycles. The number of nitrogens with one attached hydrogen (secondary N) is 2. The third-order valence-electron chi connectivity index (χ3n) is 4.13. The Kier molecular flexibility index (Phi) is 5.85. The lowest BCUT2D eigenvalue weighted by Crippen LogP contribution is -2.37.